The Hall–Kier alpha value is -2.62. The first kappa shape index (κ1) is 10.5. The maximum absolute atomic E-state index is 11.1. The summed E-state index contributed by atoms with van der Waals surface area (Å²) in [6.07, 6.45) is 3.58. The van der Waals surface area contributed by atoms with Crippen molar-refractivity contribution in [1.29, 1.82) is 0 Å². The first-order valence-corrected chi connectivity index (χ1v) is 5.58. The van der Waals surface area contributed by atoms with Gasteiger partial charge in [-0.3, -0.25) is 4.79 Å². The van der Waals surface area contributed by atoms with Crippen molar-refractivity contribution in [3.8, 4) is 11.3 Å². The second-order valence-electron chi connectivity index (χ2n) is 4.04. The largest absolute Gasteiger partial charge is 0.366 e. The fraction of sp³-hybridized carbons (Fsp3) is 0. The van der Waals surface area contributed by atoms with Crippen molar-refractivity contribution in [2.45, 2.75) is 0 Å². The van der Waals surface area contributed by atoms with Crippen molar-refractivity contribution < 1.29 is 4.79 Å². The van der Waals surface area contributed by atoms with Crippen LogP contribution in [0.5, 0.6) is 0 Å². The molecule has 0 aliphatic rings. The smallest absolute Gasteiger partial charge is 0.250 e. The van der Waals surface area contributed by atoms with Gasteiger partial charge in [0.1, 0.15) is 5.65 Å². The van der Waals surface area contributed by atoms with Crippen LogP contribution in [0, 0.1) is 0 Å². The molecule has 18 heavy (non-hydrogen) atoms. The molecule has 2 heterocycles. The van der Waals surface area contributed by atoms with E-state index in [1.54, 1.807) is 18.3 Å². The van der Waals surface area contributed by atoms with Crippen LogP contribution in [0.2, 0.25) is 0 Å². The van der Waals surface area contributed by atoms with Crippen LogP contribution in [0.3, 0.4) is 0 Å². The fourth-order valence-corrected chi connectivity index (χ4v) is 1.89. The molecule has 0 radical (unpaired) electrons. The van der Waals surface area contributed by atoms with Crippen LogP contribution in [0.1, 0.15) is 10.4 Å². The molecule has 3 aromatic rings. The molecule has 0 unspecified atom stereocenters. The van der Waals surface area contributed by atoms with E-state index in [1.807, 2.05) is 40.9 Å². The van der Waals surface area contributed by atoms with Gasteiger partial charge in [0, 0.05) is 18.0 Å². The fourth-order valence-electron chi connectivity index (χ4n) is 1.89. The van der Waals surface area contributed by atoms with Crippen LogP contribution in [-0.2, 0) is 0 Å². The van der Waals surface area contributed by atoms with Crippen LogP contribution in [0.4, 0.5) is 0 Å². The highest BCUT2D eigenvalue weighted by atomic mass is 16.1. The second kappa shape index (κ2) is 4.00. The standard InChI is InChI=1S/C14H11N3O/c15-14(18)11-6-7-13-16-12(9-17(13)8-11)10-4-2-1-3-5-10/h1-9H,(H2,15,18). The van der Waals surface area contributed by atoms with Gasteiger partial charge in [0.05, 0.1) is 11.3 Å². The number of aromatic nitrogens is 2. The molecule has 0 aliphatic carbocycles. The highest BCUT2D eigenvalue weighted by Gasteiger charge is 2.06. The highest BCUT2D eigenvalue weighted by molar-refractivity contribution is 5.92. The zero-order valence-corrected chi connectivity index (χ0v) is 9.58. The summed E-state index contributed by atoms with van der Waals surface area (Å²) in [6, 6.07) is 13.4. The van der Waals surface area contributed by atoms with Gasteiger partial charge < -0.3 is 10.1 Å². The van der Waals surface area contributed by atoms with E-state index < -0.39 is 5.91 Å². The van der Waals surface area contributed by atoms with Gasteiger partial charge in [-0.2, -0.15) is 0 Å². The quantitative estimate of drug-likeness (QED) is 0.742. The number of carbonyl (C=O) groups excluding carboxylic acids is 1. The highest BCUT2D eigenvalue weighted by Crippen LogP contribution is 2.18. The number of fused-ring (bicyclic) bond motifs is 1. The molecule has 0 aliphatic heterocycles. The van der Waals surface area contributed by atoms with Gasteiger partial charge in [-0.05, 0) is 12.1 Å². The Morgan fingerprint density at radius 2 is 1.83 bits per heavy atom. The number of amides is 1. The molecule has 1 aromatic carbocycles. The summed E-state index contributed by atoms with van der Waals surface area (Å²) >= 11 is 0. The van der Waals surface area contributed by atoms with Crippen LogP contribution in [0.15, 0.2) is 54.9 Å². The molecular formula is C14H11N3O. The molecule has 4 heteroatoms. The molecule has 2 N–H and O–H groups in total. The number of carbonyl (C=O) groups is 1. The molecule has 4 nitrogen and oxygen atoms in total. The summed E-state index contributed by atoms with van der Waals surface area (Å²) < 4.78 is 1.81. The molecule has 1 amide bonds. The lowest BCUT2D eigenvalue weighted by atomic mass is 10.2. The lowest BCUT2D eigenvalue weighted by Crippen LogP contribution is -2.11. The number of nitrogens with zero attached hydrogens (tertiary/aromatic N) is 2. The van der Waals surface area contributed by atoms with E-state index in [-0.39, 0.29) is 0 Å². The van der Waals surface area contributed by atoms with Gasteiger partial charge in [-0.15, -0.1) is 0 Å². The third-order valence-corrected chi connectivity index (χ3v) is 2.81. The van der Waals surface area contributed by atoms with E-state index in [2.05, 4.69) is 4.98 Å². The number of imidazole rings is 1. The third kappa shape index (κ3) is 1.73. The van der Waals surface area contributed by atoms with Gasteiger partial charge in [-0.25, -0.2) is 4.98 Å². The van der Waals surface area contributed by atoms with Crippen LogP contribution in [0.25, 0.3) is 16.9 Å². The van der Waals surface area contributed by atoms with Crippen molar-refractivity contribution >= 4 is 11.6 Å². The summed E-state index contributed by atoms with van der Waals surface area (Å²) in [5.41, 5.74) is 8.43. The molecule has 0 fully saturated rings. The van der Waals surface area contributed by atoms with Crippen molar-refractivity contribution in [3.05, 3.63) is 60.4 Å². The number of benzene rings is 1. The Morgan fingerprint density at radius 1 is 1.06 bits per heavy atom. The number of nitrogens with two attached hydrogens (primary N) is 1. The zero-order chi connectivity index (χ0) is 12.5. The number of pyridine rings is 1. The minimum atomic E-state index is -0.438. The van der Waals surface area contributed by atoms with Crippen LogP contribution in [-0.4, -0.2) is 15.3 Å². The van der Waals surface area contributed by atoms with E-state index in [0.717, 1.165) is 16.9 Å². The number of hydrogen-bond donors (Lipinski definition) is 1. The van der Waals surface area contributed by atoms with E-state index in [4.69, 9.17) is 5.73 Å². The second-order valence-corrected chi connectivity index (χ2v) is 4.04. The van der Waals surface area contributed by atoms with Crippen molar-refractivity contribution in [2.24, 2.45) is 5.73 Å². The van der Waals surface area contributed by atoms with Gasteiger partial charge in [0.15, 0.2) is 0 Å². The Bertz CT molecular complexity index is 716. The number of primary amides is 1. The van der Waals surface area contributed by atoms with Gasteiger partial charge >= 0.3 is 0 Å². The van der Waals surface area contributed by atoms with E-state index >= 15 is 0 Å². The predicted octanol–water partition coefficient (Wildman–Crippen LogP) is 2.10. The Kier molecular flexibility index (Phi) is 2.34. The molecule has 3 rings (SSSR count). The average Bonchev–Trinajstić information content (AvgIpc) is 2.82. The maximum Gasteiger partial charge on any atom is 0.250 e. The van der Waals surface area contributed by atoms with Gasteiger partial charge in [0.2, 0.25) is 5.91 Å². The van der Waals surface area contributed by atoms with Crippen LogP contribution >= 0.6 is 0 Å². The zero-order valence-electron chi connectivity index (χ0n) is 9.58. The topological polar surface area (TPSA) is 60.4 Å². The number of rotatable bonds is 2. The Morgan fingerprint density at radius 3 is 2.56 bits per heavy atom. The molecular weight excluding hydrogens is 226 g/mol. The van der Waals surface area contributed by atoms with E-state index in [0.29, 0.717) is 5.56 Å². The van der Waals surface area contributed by atoms with Crippen LogP contribution < -0.4 is 5.73 Å². The monoisotopic (exact) mass is 237 g/mol. The van der Waals surface area contributed by atoms with Crippen molar-refractivity contribution in [1.82, 2.24) is 9.38 Å². The molecule has 0 bridgehead atoms. The normalized spacial score (nSPS) is 10.7. The predicted molar refractivity (Wildman–Crippen MR) is 69.1 cm³/mol. The summed E-state index contributed by atoms with van der Waals surface area (Å²) in [7, 11) is 0. The molecule has 0 saturated carbocycles. The average molecular weight is 237 g/mol. The molecule has 0 spiro atoms. The Labute approximate surface area is 104 Å². The summed E-state index contributed by atoms with van der Waals surface area (Å²) in [5.74, 6) is -0.438. The molecule has 88 valence electrons. The minimum absolute atomic E-state index is 0.438. The first-order chi connectivity index (χ1) is 8.74. The summed E-state index contributed by atoms with van der Waals surface area (Å²) in [4.78, 5) is 15.6. The summed E-state index contributed by atoms with van der Waals surface area (Å²) in [5, 5.41) is 0. The lowest BCUT2D eigenvalue weighted by Gasteiger charge is -1.96. The summed E-state index contributed by atoms with van der Waals surface area (Å²) in [6.45, 7) is 0. The van der Waals surface area contributed by atoms with E-state index in [9.17, 15) is 4.79 Å². The molecule has 2 aromatic heterocycles. The molecule has 0 saturated heterocycles. The lowest BCUT2D eigenvalue weighted by molar-refractivity contribution is 0.1000. The first-order valence-electron chi connectivity index (χ1n) is 5.58. The van der Waals surface area contributed by atoms with Gasteiger partial charge in [0.25, 0.3) is 0 Å². The van der Waals surface area contributed by atoms with Gasteiger partial charge in [-0.1, -0.05) is 30.3 Å². The third-order valence-electron chi connectivity index (χ3n) is 2.81. The van der Waals surface area contributed by atoms with Crippen molar-refractivity contribution in [2.75, 3.05) is 0 Å². The Balaban J connectivity index is 2.14. The molecule has 0 atom stereocenters. The van der Waals surface area contributed by atoms with Crippen molar-refractivity contribution in [3.63, 3.8) is 0 Å². The maximum atomic E-state index is 11.1. The van der Waals surface area contributed by atoms with E-state index in [1.165, 1.54) is 0 Å². The SMILES string of the molecule is NC(=O)c1ccc2nc(-c3ccccc3)cn2c1. The minimum Gasteiger partial charge on any atom is -0.366 e. The number of hydrogen-bond acceptors (Lipinski definition) is 2.